The van der Waals surface area contributed by atoms with Gasteiger partial charge in [0.05, 0.1) is 12.0 Å². The number of aromatic amines is 1. The smallest absolute Gasteiger partial charge is 0.226 e. The fourth-order valence-electron chi connectivity index (χ4n) is 3.36. The Hall–Kier alpha value is -2.10. The maximum Gasteiger partial charge on any atom is 0.226 e. The second kappa shape index (κ2) is 6.34. The van der Waals surface area contributed by atoms with Gasteiger partial charge in [-0.05, 0) is 18.4 Å². The average Bonchev–Trinajstić information content (AvgIpc) is 3.04. The summed E-state index contributed by atoms with van der Waals surface area (Å²) in [4.78, 5) is 22.7. The number of nitrogens with one attached hydrogen (secondary N) is 1. The van der Waals surface area contributed by atoms with Gasteiger partial charge in [0.1, 0.15) is 6.04 Å². The van der Waals surface area contributed by atoms with Gasteiger partial charge < -0.3 is 9.88 Å². The second-order valence-electron chi connectivity index (χ2n) is 5.87. The molecule has 1 aliphatic rings. The first-order valence-corrected chi connectivity index (χ1v) is 8.13. The van der Waals surface area contributed by atoms with Crippen LogP contribution < -0.4 is 0 Å². The van der Waals surface area contributed by atoms with Crippen molar-refractivity contribution in [2.75, 3.05) is 6.54 Å². The predicted molar refractivity (Wildman–Crippen MR) is 86.4 cm³/mol. The number of imidazole rings is 1. The Kier molecular flexibility index (Phi) is 4.27. The van der Waals surface area contributed by atoms with Gasteiger partial charge in [0, 0.05) is 24.6 Å². The summed E-state index contributed by atoms with van der Waals surface area (Å²) in [5, 5.41) is 0. The maximum atomic E-state index is 13.0. The molecule has 22 heavy (non-hydrogen) atoms. The molecule has 1 aromatic heterocycles. The molecule has 2 heterocycles. The summed E-state index contributed by atoms with van der Waals surface area (Å²) in [5.74, 6) is 0.360. The first-order chi connectivity index (χ1) is 10.8. The lowest BCUT2D eigenvalue weighted by atomic mass is 9.92. The third-order valence-corrected chi connectivity index (χ3v) is 4.66. The van der Waals surface area contributed by atoms with Gasteiger partial charge in [0.25, 0.3) is 0 Å². The molecule has 1 amide bonds. The lowest BCUT2D eigenvalue weighted by molar-refractivity contribution is -0.138. The fraction of sp³-hybridized carbons (Fsp3) is 0.444. The van der Waals surface area contributed by atoms with Gasteiger partial charge in [0.15, 0.2) is 0 Å². The van der Waals surface area contributed by atoms with Crippen LogP contribution in [-0.4, -0.2) is 27.3 Å². The third-order valence-electron chi connectivity index (χ3n) is 4.66. The monoisotopic (exact) mass is 297 g/mol. The SMILES string of the molecule is CCC(CC)C(=O)N1CCc2[nH]cnc2C1c1ccccc1. The summed E-state index contributed by atoms with van der Waals surface area (Å²) in [5.41, 5.74) is 3.29. The summed E-state index contributed by atoms with van der Waals surface area (Å²) in [6.45, 7) is 4.94. The fourth-order valence-corrected chi connectivity index (χ4v) is 3.36. The van der Waals surface area contributed by atoms with E-state index in [2.05, 4.69) is 35.9 Å². The van der Waals surface area contributed by atoms with Crippen molar-refractivity contribution in [2.45, 2.75) is 39.2 Å². The van der Waals surface area contributed by atoms with E-state index in [-0.39, 0.29) is 17.9 Å². The normalized spacial score (nSPS) is 17.6. The summed E-state index contributed by atoms with van der Waals surface area (Å²) < 4.78 is 0. The first-order valence-electron chi connectivity index (χ1n) is 8.13. The molecule has 3 rings (SSSR count). The highest BCUT2D eigenvalue weighted by molar-refractivity contribution is 5.80. The highest BCUT2D eigenvalue weighted by atomic mass is 16.2. The molecule has 1 atom stereocenters. The van der Waals surface area contributed by atoms with Gasteiger partial charge >= 0.3 is 0 Å². The van der Waals surface area contributed by atoms with E-state index in [0.717, 1.165) is 42.8 Å². The van der Waals surface area contributed by atoms with Crippen LogP contribution >= 0.6 is 0 Å². The van der Waals surface area contributed by atoms with E-state index in [9.17, 15) is 4.79 Å². The molecule has 0 spiro atoms. The van der Waals surface area contributed by atoms with Crippen LogP contribution in [0.5, 0.6) is 0 Å². The molecule has 0 fully saturated rings. The lowest BCUT2D eigenvalue weighted by Gasteiger charge is -2.37. The molecule has 1 aromatic carbocycles. The van der Waals surface area contributed by atoms with E-state index in [4.69, 9.17) is 0 Å². The predicted octanol–water partition coefficient (Wildman–Crippen LogP) is 3.32. The Morgan fingerprint density at radius 3 is 2.73 bits per heavy atom. The van der Waals surface area contributed by atoms with E-state index < -0.39 is 0 Å². The zero-order valence-electron chi connectivity index (χ0n) is 13.2. The maximum absolute atomic E-state index is 13.0. The second-order valence-corrected chi connectivity index (χ2v) is 5.87. The number of hydrogen-bond donors (Lipinski definition) is 1. The van der Waals surface area contributed by atoms with E-state index in [1.165, 1.54) is 0 Å². The minimum atomic E-state index is -0.0655. The quantitative estimate of drug-likeness (QED) is 0.941. The number of hydrogen-bond acceptors (Lipinski definition) is 2. The van der Waals surface area contributed by atoms with Crippen LogP contribution in [0.4, 0.5) is 0 Å². The summed E-state index contributed by atoms with van der Waals surface area (Å²) >= 11 is 0. The highest BCUT2D eigenvalue weighted by Gasteiger charge is 2.35. The number of benzene rings is 1. The molecule has 116 valence electrons. The zero-order valence-corrected chi connectivity index (χ0v) is 13.2. The van der Waals surface area contributed by atoms with Crippen LogP contribution in [0.25, 0.3) is 0 Å². The molecule has 0 aliphatic carbocycles. The number of amides is 1. The van der Waals surface area contributed by atoms with Gasteiger partial charge in [-0.2, -0.15) is 0 Å². The Bertz CT molecular complexity index is 631. The van der Waals surface area contributed by atoms with Crippen molar-refractivity contribution in [3.63, 3.8) is 0 Å². The first kappa shape index (κ1) is 14.8. The number of aromatic nitrogens is 2. The molecule has 0 saturated heterocycles. The number of H-pyrrole nitrogens is 1. The Morgan fingerprint density at radius 2 is 2.05 bits per heavy atom. The van der Waals surface area contributed by atoms with Crippen LogP contribution in [0, 0.1) is 5.92 Å². The van der Waals surface area contributed by atoms with Gasteiger partial charge in [-0.3, -0.25) is 4.79 Å². The Morgan fingerprint density at radius 1 is 1.32 bits per heavy atom. The van der Waals surface area contributed by atoms with E-state index >= 15 is 0 Å². The number of rotatable bonds is 4. The molecule has 1 aliphatic heterocycles. The van der Waals surface area contributed by atoms with Gasteiger partial charge in [0.2, 0.25) is 5.91 Å². The van der Waals surface area contributed by atoms with Crippen LogP contribution in [0.3, 0.4) is 0 Å². The molecule has 0 bridgehead atoms. The highest BCUT2D eigenvalue weighted by Crippen LogP contribution is 2.34. The van der Waals surface area contributed by atoms with Gasteiger partial charge in [-0.25, -0.2) is 4.98 Å². The van der Waals surface area contributed by atoms with Crippen LogP contribution in [0.15, 0.2) is 36.7 Å². The number of fused-ring (bicyclic) bond motifs is 1. The minimum Gasteiger partial charge on any atom is -0.348 e. The van der Waals surface area contributed by atoms with E-state index in [1.54, 1.807) is 6.33 Å². The van der Waals surface area contributed by atoms with Crippen molar-refractivity contribution < 1.29 is 4.79 Å². The largest absolute Gasteiger partial charge is 0.348 e. The van der Waals surface area contributed by atoms with Crippen molar-refractivity contribution in [1.82, 2.24) is 14.9 Å². The van der Waals surface area contributed by atoms with Crippen molar-refractivity contribution >= 4 is 5.91 Å². The number of nitrogens with zero attached hydrogens (tertiary/aromatic N) is 2. The Balaban J connectivity index is 2.01. The Labute approximate surface area is 131 Å². The lowest BCUT2D eigenvalue weighted by Crippen LogP contribution is -2.43. The standard InChI is InChI=1S/C18H23N3O/c1-3-13(4-2)18(22)21-11-10-15-16(20-12-19-15)17(21)14-8-6-5-7-9-14/h5-9,12-13,17H,3-4,10-11H2,1-2H3,(H,19,20). The topological polar surface area (TPSA) is 49.0 Å². The van der Waals surface area contributed by atoms with Crippen molar-refractivity contribution in [1.29, 1.82) is 0 Å². The van der Waals surface area contributed by atoms with E-state index in [1.807, 2.05) is 23.1 Å². The third kappa shape index (κ3) is 2.54. The minimum absolute atomic E-state index is 0.0655. The molecule has 1 unspecified atom stereocenters. The average molecular weight is 297 g/mol. The van der Waals surface area contributed by atoms with Crippen LogP contribution in [-0.2, 0) is 11.2 Å². The molecule has 4 nitrogen and oxygen atoms in total. The van der Waals surface area contributed by atoms with Gasteiger partial charge in [-0.15, -0.1) is 0 Å². The zero-order chi connectivity index (χ0) is 15.5. The van der Waals surface area contributed by atoms with Crippen molar-refractivity contribution in [2.24, 2.45) is 5.92 Å². The summed E-state index contributed by atoms with van der Waals surface area (Å²) in [6, 6.07) is 10.2. The molecular weight excluding hydrogens is 274 g/mol. The molecule has 1 N–H and O–H groups in total. The van der Waals surface area contributed by atoms with E-state index in [0.29, 0.717) is 0 Å². The van der Waals surface area contributed by atoms with Crippen LogP contribution in [0.1, 0.15) is 49.7 Å². The molecule has 0 radical (unpaired) electrons. The molecule has 2 aromatic rings. The number of carbonyl (C=O) groups is 1. The van der Waals surface area contributed by atoms with Gasteiger partial charge in [-0.1, -0.05) is 44.2 Å². The van der Waals surface area contributed by atoms with Crippen molar-refractivity contribution in [3.8, 4) is 0 Å². The molecule has 0 saturated carbocycles. The number of carbonyl (C=O) groups excluding carboxylic acids is 1. The molecular formula is C18H23N3O. The van der Waals surface area contributed by atoms with Crippen LogP contribution in [0.2, 0.25) is 0 Å². The van der Waals surface area contributed by atoms with Crippen molar-refractivity contribution in [3.05, 3.63) is 53.6 Å². The summed E-state index contributed by atoms with van der Waals surface area (Å²) in [6.07, 6.45) is 4.37. The molecule has 4 heteroatoms. The summed E-state index contributed by atoms with van der Waals surface area (Å²) in [7, 11) is 0.